The molecule has 0 N–H and O–H groups in total. The molecule has 0 bridgehead atoms. The summed E-state index contributed by atoms with van der Waals surface area (Å²) < 4.78 is 10.9. The van der Waals surface area contributed by atoms with Crippen LogP contribution >= 0.6 is 11.3 Å². The van der Waals surface area contributed by atoms with Crippen LogP contribution in [0.3, 0.4) is 0 Å². The number of methoxy groups -OCH3 is 1. The van der Waals surface area contributed by atoms with Gasteiger partial charge in [0, 0.05) is 38.8 Å². The normalized spacial score (nSPS) is 15.3. The van der Waals surface area contributed by atoms with Gasteiger partial charge in [-0.25, -0.2) is 0 Å². The fourth-order valence-electron chi connectivity index (χ4n) is 3.10. The predicted molar refractivity (Wildman–Crippen MR) is 109 cm³/mol. The molecule has 2 aromatic rings. The highest BCUT2D eigenvalue weighted by Crippen LogP contribution is 2.28. The molecule has 2 heterocycles. The first-order valence-electron chi connectivity index (χ1n) is 9.21. The number of rotatable bonds is 7. The van der Waals surface area contributed by atoms with Crippen LogP contribution in [0.5, 0.6) is 11.5 Å². The molecule has 1 fully saturated rings. The number of carbonyl (C=O) groups is 1. The highest BCUT2D eigenvalue weighted by Gasteiger charge is 2.19. The van der Waals surface area contributed by atoms with Crippen LogP contribution in [-0.2, 0) is 11.3 Å². The molecule has 27 heavy (non-hydrogen) atoms. The van der Waals surface area contributed by atoms with Crippen molar-refractivity contribution in [2.45, 2.75) is 13.5 Å². The van der Waals surface area contributed by atoms with E-state index in [2.05, 4.69) is 21.7 Å². The number of hydrogen-bond donors (Lipinski definition) is 0. The monoisotopic (exact) mass is 386 g/mol. The third-order valence-corrected chi connectivity index (χ3v) is 5.31. The van der Waals surface area contributed by atoms with E-state index in [-0.39, 0.29) is 5.91 Å². The number of ether oxygens (including phenoxy) is 2. The highest BCUT2D eigenvalue weighted by molar-refractivity contribution is 7.07. The van der Waals surface area contributed by atoms with Crippen molar-refractivity contribution in [3.8, 4) is 11.5 Å². The third-order valence-electron chi connectivity index (χ3n) is 4.58. The van der Waals surface area contributed by atoms with Crippen molar-refractivity contribution in [2.24, 2.45) is 0 Å². The highest BCUT2D eigenvalue weighted by atomic mass is 32.1. The molecule has 144 valence electrons. The Morgan fingerprint density at radius 2 is 2.00 bits per heavy atom. The van der Waals surface area contributed by atoms with Gasteiger partial charge in [0.15, 0.2) is 11.5 Å². The minimum Gasteiger partial charge on any atom is -0.493 e. The van der Waals surface area contributed by atoms with E-state index in [1.54, 1.807) is 24.5 Å². The standard InChI is InChI=1S/C21H26N2O3S/c1-3-26-19-6-4-17(14-20(19)25-2)5-7-21(24)23-11-9-22(10-12-23)15-18-8-13-27-16-18/h4-8,13-14,16H,3,9-12,15H2,1-2H3/b7-5+. The van der Waals surface area contributed by atoms with Gasteiger partial charge in [0.05, 0.1) is 13.7 Å². The van der Waals surface area contributed by atoms with E-state index in [4.69, 9.17) is 9.47 Å². The number of amides is 1. The molecular weight excluding hydrogens is 360 g/mol. The van der Waals surface area contributed by atoms with E-state index in [0.29, 0.717) is 18.1 Å². The maximum Gasteiger partial charge on any atom is 0.246 e. The summed E-state index contributed by atoms with van der Waals surface area (Å²) >= 11 is 1.73. The van der Waals surface area contributed by atoms with E-state index in [1.807, 2.05) is 36.1 Å². The number of hydrogen-bond acceptors (Lipinski definition) is 5. The molecule has 0 radical (unpaired) electrons. The molecule has 5 nitrogen and oxygen atoms in total. The minimum absolute atomic E-state index is 0.0537. The minimum atomic E-state index is 0.0537. The summed E-state index contributed by atoms with van der Waals surface area (Å²) in [6, 6.07) is 7.84. The second kappa shape index (κ2) is 9.58. The lowest BCUT2D eigenvalue weighted by Crippen LogP contribution is -2.47. The van der Waals surface area contributed by atoms with E-state index in [1.165, 1.54) is 5.56 Å². The van der Waals surface area contributed by atoms with E-state index in [9.17, 15) is 4.79 Å². The van der Waals surface area contributed by atoms with Gasteiger partial charge in [0.25, 0.3) is 0 Å². The molecule has 0 atom stereocenters. The average Bonchev–Trinajstić information content (AvgIpc) is 3.20. The van der Waals surface area contributed by atoms with Crippen molar-refractivity contribution in [1.82, 2.24) is 9.80 Å². The maximum atomic E-state index is 12.5. The average molecular weight is 387 g/mol. The second-order valence-corrected chi connectivity index (χ2v) is 7.19. The van der Waals surface area contributed by atoms with Crippen LogP contribution in [0.1, 0.15) is 18.1 Å². The van der Waals surface area contributed by atoms with Crippen molar-refractivity contribution in [2.75, 3.05) is 39.9 Å². The first-order chi connectivity index (χ1) is 13.2. The summed E-state index contributed by atoms with van der Waals surface area (Å²) in [5.41, 5.74) is 2.27. The molecule has 0 unspecified atom stereocenters. The van der Waals surface area contributed by atoms with Crippen molar-refractivity contribution in [3.05, 3.63) is 52.2 Å². The fraction of sp³-hybridized carbons (Fsp3) is 0.381. The predicted octanol–water partition coefficient (Wildman–Crippen LogP) is 3.51. The van der Waals surface area contributed by atoms with Crippen molar-refractivity contribution in [3.63, 3.8) is 0 Å². The smallest absolute Gasteiger partial charge is 0.246 e. The quantitative estimate of drug-likeness (QED) is 0.683. The zero-order valence-corrected chi connectivity index (χ0v) is 16.7. The zero-order chi connectivity index (χ0) is 19.1. The summed E-state index contributed by atoms with van der Waals surface area (Å²) in [7, 11) is 1.62. The lowest BCUT2D eigenvalue weighted by molar-refractivity contribution is -0.127. The molecular formula is C21H26N2O3S. The van der Waals surface area contributed by atoms with Crippen LogP contribution in [0.15, 0.2) is 41.1 Å². The van der Waals surface area contributed by atoms with Gasteiger partial charge in [-0.2, -0.15) is 11.3 Å². The number of piperazine rings is 1. The Labute approximate surface area is 164 Å². The lowest BCUT2D eigenvalue weighted by atomic mass is 10.1. The molecule has 1 amide bonds. The molecule has 0 aliphatic carbocycles. The van der Waals surface area contributed by atoms with Crippen LogP contribution in [-0.4, -0.2) is 55.6 Å². The zero-order valence-electron chi connectivity index (χ0n) is 15.9. The Kier molecular flexibility index (Phi) is 6.90. The Bertz CT molecular complexity index is 766. The van der Waals surface area contributed by atoms with E-state index >= 15 is 0 Å². The Hall–Kier alpha value is -2.31. The molecule has 3 rings (SSSR count). The summed E-state index contributed by atoms with van der Waals surface area (Å²) in [4.78, 5) is 16.8. The lowest BCUT2D eigenvalue weighted by Gasteiger charge is -2.34. The first kappa shape index (κ1) is 19.5. The number of carbonyl (C=O) groups excluding carboxylic acids is 1. The van der Waals surface area contributed by atoms with Gasteiger partial charge in [-0.1, -0.05) is 6.07 Å². The van der Waals surface area contributed by atoms with Gasteiger partial charge in [-0.15, -0.1) is 0 Å². The summed E-state index contributed by atoms with van der Waals surface area (Å²) in [5.74, 6) is 1.44. The second-order valence-electron chi connectivity index (χ2n) is 6.41. The summed E-state index contributed by atoms with van der Waals surface area (Å²) in [5, 5.41) is 4.29. The molecule has 6 heteroatoms. The maximum absolute atomic E-state index is 12.5. The molecule has 1 aromatic carbocycles. The SMILES string of the molecule is CCOc1ccc(/C=C/C(=O)N2CCN(Cc3ccsc3)CC2)cc1OC. The Morgan fingerprint density at radius 1 is 1.19 bits per heavy atom. The topological polar surface area (TPSA) is 42.0 Å². The fourth-order valence-corrected chi connectivity index (χ4v) is 3.76. The summed E-state index contributed by atoms with van der Waals surface area (Å²) in [6.07, 6.45) is 3.47. The molecule has 0 saturated carbocycles. The van der Waals surface area contributed by atoms with Gasteiger partial charge in [-0.3, -0.25) is 9.69 Å². The van der Waals surface area contributed by atoms with Crippen LogP contribution in [0, 0.1) is 0 Å². The molecule has 1 aliphatic rings. The third kappa shape index (κ3) is 5.34. The van der Waals surface area contributed by atoms with Gasteiger partial charge in [-0.05, 0) is 53.1 Å². The summed E-state index contributed by atoms with van der Waals surface area (Å²) in [6.45, 7) is 6.83. The molecule has 0 spiro atoms. The van der Waals surface area contributed by atoms with Crippen molar-refractivity contribution < 1.29 is 14.3 Å². The van der Waals surface area contributed by atoms with E-state index < -0.39 is 0 Å². The largest absolute Gasteiger partial charge is 0.493 e. The van der Waals surface area contributed by atoms with Crippen molar-refractivity contribution >= 4 is 23.3 Å². The van der Waals surface area contributed by atoms with Gasteiger partial charge in [0.2, 0.25) is 5.91 Å². The van der Waals surface area contributed by atoms with Crippen LogP contribution < -0.4 is 9.47 Å². The first-order valence-corrected chi connectivity index (χ1v) is 10.1. The molecule has 1 aliphatic heterocycles. The van der Waals surface area contributed by atoms with Crippen LogP contribution in [0.4, 0.5) is 0 Å². The number of nitrogens with zero attached hydrogens (tertiary/aromatic N) is 2. The van der Waals surface area contributed by atoms with Gasteiger partial charge < -0.3 is 14.4 Å². The number of benzene rings is 1. The van der Waals surface area contributed by atoms with E-state index in [0.717, 1.165) is 38.3 Å². The molecule has 1 aromatic heterocycles. The van der Waals surface area contributed by atoms with Crippen LogP contribution in [0.2, 0.25) is 0 Å². The molecule has 1 saturated heterocycles. The van der Waals surface area contributed by atoms with Crippen LogP contribution in [0.25, 0.3) is 6.08 Å². The van der Waals surface area contributed by atoms with Gasteiger partial charge >= 0.3 is 0 Å². The Balaban J connectivity index is 1.53. The van der Waals surface area contributed by atoms with Crippen molar-refractivity contribution in [1.29, 1.82) is 0 Å². The van der Waals surface area contributed by atoms with Gasteiger partial charge in [0.1, 0.15) is 0 Å². The number of thiophene rings is 1. The Morgan fingerprint density at radius 3 is 2.67 bits per heavy atom.